The van der Waals surface area contributed by atoms with E-state index in [4.69, 9.17) is 10.8 Å². The highest BCUT2D eigenvalue weighted by atomic mass is 16.4. The minimum absolute atomic E-state index is 0.0692. The third kappa shape index (κ3) is 4.47. The molecule has 1 unspecified atom stereocenters. The molecule has 0 radical (unpaired) electrons. The van der Waals surface area contributed by atoms with E-state index in [-0.39, 0.29) is 31.2 Å². The summed E-state index contributed by atoms with van der Waals surface area (Å²) in [6.07, 6.45) is 0.464. The Balaban J connectivity index is 2.63. The number of aliphatic carboxylic acids is 1. The minimum Gasteiger partial charge on any atom is -0.480 e. The topological polar surface area (TPSA) is 104 Å². The molecule has 1 amide bonds. The predicted molar refractivity (Wildman–Crippen MR) is 70.4 cm³/mol. The maximum Gasteiger partial charge on any atom is 0.326 e. The molecule has 0 aromatic rings. The first-order chi connectivity index (χ1) is 8.85. The molecule has 110 valence electrons. The third-order valence-electron chi connectivity index (χ3n) is 3.49. The fraction of sp³-hybridized carbons (Fsp3) is 0.846. The lowest BCUT2D eigenvalue weighted by Crippen LogP contribution is -2.41. The molecule has 0 bridgehead atoms. The number of carboxylic acid groups (broad SMARTS) is 1. The highest BCUT2D eigenvalue weighted by molar-refractivity contribution is 5.84. The van der Waals surface area contributed by atoms with E-state index in [1.807, 2.05) is 0 Å². The van der Waals surface area contributed by atoms with Crippen LogP contribution < -0.4 is 5.73 Å². The molecule has 1 aliphatic heterocycles. The van der Waals surface area contributed by atoms with Crippen LogP contribution in [0.5, 0.6) is 0 Å². The molecule has 6 nitrogen and oxygen atoms in total. The van der Waals surface area contributed by atoms with Crippen LogP contribution in [-0.4, -0.2) is 52.2 Å². The molecule has 6 heteroatoms. The summed E-state index contributed by atoms with van der Waals surface area (Å²) in [6.45, 7) is 4.65. The first kappa shape index (κ1) is 15.9. The van der Waals surface area contributed by atoms with Crippen LogP contribution in [-0.2, 0) is 9.59 Å². The van der Waals surface area contributed by atoms with Gasteiger partial charge in [0.2, 0.25) is 5.91 Å². The van der Waals surface area contributed by atoms with Crippen LogP contribution in [0.4, 0.5) is 0 Å². The Kier molecular flexibility index (Phi) is 5.75. The van der Waals surface area contributed by atoms with Crippen molar-refractivity contribution in [2.45, 2.75) is 45.3 Å². The van der Waals surface area contributed by atoms with E-state index in [1.54, 1.807) is 0 Å². The van der Waals surface area contributed by atoms with E-state index in [0.29, 0.717) is 12.5 Å². The van der Waals surface area contributed by atoms with E-state index in [1.165, 1.54) is 4.90 Å². The maximum atomic E-state index is 12.2. The summed E-state index contributed by atoms with van der Waals surface area (Å²) in [6, 6.07) is -0.903. The fourth-order valence-electron chi connectivity index (χ4n) is 2.62. The van der Waals surface area contributed by atoms with Crippen LogP contribution >= 0.6 is 0 Å². The summed E-state index contributed by atoms with van der Waals surface area (Å²) in [4.78, 5) is 24.5. The Morgan fingerprint density at radius 3 is 2.53 bits per heavy atom. The number of rotatable bonds is 6. The summed E-state index contributed by atoms with van der Waals surface area (Å²) >= 11 is 0. The van der Waals surface area contributed by atoms with Gasteiger partial charge in [0.25, 0.3) is 0 Å². The molecule has 1 rings (SSSR count). The van der Waals surface area contributed by atoms with Gasteiger partial charge in [0, 0.05) is 19.4 Å². The number of β-amino-alcohol motifs (C(OH)–C–C–N with tert-alkyl or cyclic N) is 1. The smallest absolute Gasteiger partial charge is 0.326 e. The summed E-state index contributed by atoms with van der Waals surface area (Å²) in [5, 5.41) is 18.6. The lowest BCUT2D eigenvalue weighted by molar-refractivity contribution is -0.148. The average Bonchev–Trinajstić information content (AvgIpc) is 2.70. The number of nitrogens with zero attached hydrogens (tertiary/aromatic N) is 1. The van der Waals surface area contributed by atoms with E-state index in [9.17, 15) is 14.7 Å². The molecular formula is C13H24N2O4. The van der Waals surface area contributed by atoms with Gasteiger partial charge < -0.3 is 20.8 Å². The van der Waals surface area contributed by atoms with E-state index in [0.717, 1.165) is 6.42 Å². The largest absolute Gasteiger partial charge is 0.480 e. The van der Waals surface area contributed by atoms with Crippen molar-refractivity contribution in [2.24, 2.45) is 17.6 Å². The lowest BCUT2D eigenvalue weighted by atomic mass is 9.93. The van der Waals surface area contributed by atoms with E-state index >= 15 is 0 Å². The molecule has 1 aliphatic rings. The van der Waals surface area contributed by atoms with Crippen LogP contribution in [0, 0.1) is 11.8 Å². The van der Waals surface area contributed by atoms with Crippen molar-refractivity contribution in [3.05, 3.63) is 0 Å². The highest BCUT2D eigenvalue weighted by Gasteiger charge is 2.39. The number of hydrogen-bond donors (Lipinski definition) is 3. The Bertz CT molecular complexity index is 333. The van der Waals surface area contributed by atoms with Crippen LogP contribution in [0.15, 0.2) is 0 Å². The Morgan fingerprint density at radius 2 is 2.05 bits per heavy atom. The van der Waals surface area contributed by atoms with Crippen LogP contribution in [0.25, 0.3) is 0 Å². The third-order valence-corrected chi connectivity index (χ3v) is 3.49. The van der Waals surface area contributed by atoms with Gasteiger partial charge in [-0.2, -0.15) is 0 Å². The molecule has 1 heterocycles. The lowest BCUT2D eigenvalue weighted by Gasteiger charge is -2.24. The van der Waals surface area contributed by atoms with Crippen molar-refractivity contribution in [2.75, 3.05) is 13.1 Å². The second kappa shape index (κ2) is 6.86. The standard InChI is InChI=1S/C13H24N2O4/c1-8(2)3-9(6-14)4-12(17)15-7-10(16)5-11(15)13(18)19/h8-11,16H,3-7,14H2,1-2H3,(H,18,19)/t9?,10-,11-/m0/s1. The van der Waals surface area contributed by atoms with Crippen molar-refractivity contribution in [1.82, 2.24) is 4.90 Å². The molecule has 1 fully saturated rings. The van der Waals surface area contributed by atoms with Crippen LogP contribution in [0.2, 0.25) is 0 Å². The summed E-state index contributed by atoms with van der Waals surface area (Å²) in [5.41, 5.74) is 5.65. The van der Waals surface area contributed by atoms with Crippen molar-refractivity contribution < 1.29 is 19.8 Å². The van der Waals surface area contributed by atoms with E-state index < -0.39 is 18.1 Å². The molecule has 4 N–H and O–H groups in total. The number of aliphatic hydroxyl groups excluding tert-OH is 1. The zero-order valence-electron chi connectivity index (χ0n) is 11.6. The summed E-state index contributed by atoms with van der Waals surface area (Å²) in [7, 11) is 0. The second-order valence-electron chi connectivity index (χ2n) is 5.73. The Morgan fingerprint density at radius 1 is 1.42 bits per heavy atom. The van der Waals surface area contributed by atoms with Crippen molar-refractivity contribution in [1.29, 1.82) is 0 Å². The quantitative estimate of drug-likeness (QED) is 0.633. The van der Waals surface area contributed by atoms with Gasteiger partial charge in [-0.1, -0.05) is 13.8 Å². The molecule has 19 heavy (non-hydrogen) atoms. The van der Waals surface area contributed by atoms with Gasteiger partial charge in [0.05, 0.1) is 6.10 Å². The predicted octanol–water partition coefficient (Wildman–Crippen LogP) is 0.0439. The molecule has 0 spiro atoms. The van der Waals surface area contributed by atoms with Gasteiger partial charge in [0.15, 0.2) is 0 Å². The van der Waals surface area contributed by atoms with Gasteiger partial charge in [-0.15, -0.1) is 0 Å². The van der Waals surface area contributed by atoms with Gasteiger partial charge in [-0.25, -0.2) is 4.79 Å². The van der Waals surface area contributed by atoms with Crippen molar-refractivity contribution in [3.8, 4) is 0 Å². The Hall–Kier alpha value is -1.14. The normalized spacial score (nSPS) is 24.8. The van der Waals surface area contributed by atoms with Gasteiger partial charge in [-0.3, -0.25) is 4.79 Å². The number of carboxylic acids is 1. The number of carbonyl (C=O) groups is 2. The van der Waals surface area contributed by atoms with Crippen LogP contribution in [0.3, 0.4) is 0 Å². The number of aliphatic hydroxyl groups is 1. The number of carbonyl (C=O) groups excluding carboxylic acids is 1. The maximum absolute atomic E-state index is 12.2. The highest BCUT2D eigenvalue weighted by Crippen LogP contribution is 2.22. The first-order valence-corrected chi connectivity index (χ1v) is 6.75. The summed E-state index contributed by atoms with van der Waals surface area (Å²) < 4.78 is 0. The zero-order valence-corrected chi connectivity index (χ0v) is 11.6. The minimum atomic E-state index is -1.06. The second-order valence-corrected chi connectivity index (χ2v) is 5.73. The zero-order chi connectivity index (χ0) is 14.6. The first-order valence-electron chi connectivity index (χ1n) is 6.75. The van der Waals surface area contributed by atoms with Crippen molar-refractivity contribution in [3.63, 3.8) is 0 Å². The number of amides is 1. The van der Waals surface area contributed by atoms with E-state index in [2.05, 4.69) is 13.8 Å². The average molecular weight is 272 g/mol. The number of hydrogen-bond acceptors (Lipinski definition) is 4. The molecule has 0 aliphatic carbocycles. The Labute approximate surface area is 113 Å². The monoisotopic (exact) mass is 272 g/mol. The molecule has 0 aromatic heterocycles. The van der Waals surface area contributed by atoms with Gasteiger partial charge >= 0.3 is 5.97 Å². The number of likely N-dealkylation sites (tertiary alicyclic amines) is 1. The summed E-state index contributed by atoms with van der Waals surface area (Å²) in [5.74, 6) is -0.765. The molecule has 1 saturated heterocycles. The van der Waals surface area contributed by atoms with Crippen LogP contribution in [0.1, 0.15) is 33.1 Å². The number of nitrogens with two attached hydrogens (primary N) is 1. The van der Waals surface area contributed by atoms with Gasteiger partial charge in [-0.05, 0) is 24.8 Å². The molecular weight excluding hydrogens is 248 g/mol. The fourth-order valence-corrected chi connectivity index (χ4v) is 2.62. The molecule has 3 atom stereocenters. The molecule has 0 saturated carbocycles. The SMILES string of the molecule is CC(C)CC(CN)CC(=O)N1C[C@@H](O)C[C@H]1C(=O)O. The molecule has 0 aromatic carbocycles. The van der Waals surface area contributed by atoms with Gasteiger partial charge in [0.1, 0.15) is 6.04 Å². The van der Waals surface area contributed by atoms with Crippen molar-refractivity contribution >= 4 is 11.9 Å².